The van der Waals surface area contributed by atoms with Gasteiger partial charge in [0.25, 0.3) is 0 Å². The molecule has 0 bridgehead atoms. The summed E-state index contributed by atoms with van der Waals surface area (Å²) < 4.78 is 9.00. The topological polar surface area (TPSA) is 32.8 Å². The molecule has 8 heteroatoms. The molecule has 112 valence electrons. The first-order chi connectivity index (χ1) is 8.09. The highest BCUT2D eigenvalue weighted by Crippen LogP contribution is 2.18. The van der Waals surface area contributed by atoms with E-state index in [0.29, 0.717) is 10.5 Å². The van der Waals surface area contributed by atoms with Gasteiger partial charge in [0.1, 0.15) is 0 Å². The van der Waals surface area contributed by atoms with Crippen molar-refractivity contribution in [2.45, 2.75) is 31.2 Å². The molecule has 0 saturated heterocycles. The van der Waals surface area contributed by atoms with Gasteiger partial charge in [-0.05, 0) is 13.0 Å². The number of hydrogen-bond donors (Lipinski definition) is 0. The van der Waals surface area contributed by atoms with Crippen LogP contribution in [0.1, 0.15) is 27.2 Å². The Hall–Kier alpha value is 2.01. The van der Waals surface area contributed by atoms with E-state index in [0.717, 1.165) is 5.92 Å². The van der Waals surface area contributed by atoms with Gasteiger partial charge in [-0.2, -0.15) is 0 Å². The molecule has 0 aromatic rings. The van der Waals surface area contributed by atoms with Crippen molar-refractivity contribution in [3.8, 4) is 0 Å². The first-order valence-corrected chi connectivity index (χ1v) is 9.02. The van der Waals surface area contributed by atoms with E-state index in [2.05, 4.69) is 106 Å². The maximum absolute atomic E-state index is 9.96. The van der Waals surface area contributed by atoms with Crippen molar-refractivity contribution in [3.05, 3.63) is 0 Å². The van der Waals surface area contributed by atoms with Gasteiger partial charge in [-0.3, -0.25) is 4.79 Å². The SMILES string of the molecule is CC(C)C(I)N(C)I.CCC(=O)OC.CN(P)I. The summed E-state index contributed by atoms with van der Waals surface area (Å²) in [5.41, 5.74) is 0. The normalized spacial score (nSPS) is 11.4. The molecule has 4 nitrogen and oxygen atoms in total. The largest absolute Gasteiger partial charge is 0.469 e. The van der Waals surface area contributed by atoms with Crippen molar-refractivity contribution in [2.24, 2.45) is 5.92 Å². The number of esters is 1. The molecule has 18 heavy (non-hydrogen) atoms. The molecule has 0 rings (SSSR count). The molecule has 0 spiro atoms. The van der Waals surface area contributed by atoms with Crippen LogP contribution in [0, 0.1) is 5.92 Å². The molecule has 2 unspecified atom stereocenters. The Balaban J connectivity index is -0.000000200. The van der Waals surface area contributed by atoms with Crippen LogP contribution in [0.2, 0.25) is 0 Å². The lowest BCUT2D eigenvalue weighted by Crippen LogP contribution is -2.20. The zero-order valence-electron chi connectivity index (χ0n) is 11.8. The average Bonchev–Trinajstić information content (AvgIpc) is 2.26. The minimum absolute atomic E-state index is 0.157. The zero-order chi connectivity index (χ0) is 15.3. The molecule has 0 N–H and O–H groups in total. The number of hydrogen-bond acceptors (Lipinski definition) is 4. The Bertz CT molecular complexity index is 179. The smallest absolute Gasteiger partial charge is 0.305 e. The molecule has 0 aromatic heterocycles. The molecule has 0 radical (unpaired) electrons. The van der Waals surface area contributed by atoms with Crippen LogP contribution < -0.4 is 0 Å². The van der Waals surface area contributed by atoms with Gasteiger partial charge in [0.15, 0.2) is 0 Å². The number of carbonyl (C=O) groups is 1. The Labute approximate surface area is 156 Å². The molecule has 2 atom stereocenters. The third-order valence-corrected chi connectivity index (χ3v) is 5.35. The van der Waals surface area contributed by atoms with Gasteiger partial charge < -0.3 is 4.74 Å². The molecule has 0 aromatic carbocycles. The van der Waals surface area contributed by atoms with Crippen molar-refractivity contribution in [2.75, 3.05) is 21.2 Å². The van der Waals surface area contributed by atoms with E-state index in [-0.39, 0.29) is 5.97 Å². The summed E-state index contributed by atoms with van der Waals surface area (Å²) in [7, 11) is 7.90. The molecule has 0 heterocycles. The third-order valence-electron chi connectivity index (χ3n) is 1.41. The summed E-state index contributed by atoms with van der Waals surface area (Å²) in [4.78, 5) is 9.96. The zero-order valence-corrected chi connectivity index (χ0v) is 19.4. The van der Waals surface area contributed by atoms with E-state index in [1.807, 2.05) is 9.93 Å². The van der Waals surface area contributed by atoms with Crippen molar-refractivity contribution in [3.63, 3.8) is 0 Å². The van der Waals surface area contributed by atoms with Crippen molar-refractivity contribution in [1.82, 2.24) is 6.00 Å². The van der Waals surface area contributed by atoms with Crippen LogP contribution in [0.25, 0.3) is 0 Å². The maximum atomic E-state index is 9.96. The number of carbonyl (C=O) groups excluding carboxylic acids is 1. The second-order valence-electron chi connectivity index (χ2n) is 3.60. The van der Waals surface area contributed by atoms with E-state index in [4.69, 9.17) is 0 Å². The van der Waals surface area contributed by atoms with E-state index in [1.54, 1.807) is 6.92 Å². The number of alkyl halides is 1. The van der Waals surface area contributed by atoms with E-state index >= 15 is 0 Å². The summed E-state index contributed by atoms with van der Waals surface area (Å²) in [6.07, 6.45) is 0.469. The number of nitrogens with zero attached hydrogens (tertiary/aromatic N) is 2. The number of methoxy groups -OCH3 is 1. The lowest BCUT2D eigenvalue weighted by molar-refractivity contribution is -0.140. The molecular formula is C10H24I3N2O2P. The van der Waals surface area contributed by atoms with Crippen molar-refractivity contribution >= 4 is 83.7 Å². The molecular weight excluding hydrogens is 592 g/mol. The molecule has 0 aliphatic rings. The molecule has 0 aliphatic heterocycles. The minimum Gasteiger partial charge on any atom is -0.469 e. The Kier molecular flexibility index (Phi) is 23.7. The van der Waals surface area contributed by atoms with Crippen LogP contribution in [-0.4, -0.2) is 37.2 Å². The second-order valence-corrected chi connectivity index (χ2v) is 9.74. The van der Waals surface area contributed by atoms with Gasteiger partial charge in [0.05, 0.1) is 11.2 Å². The predicted octanol–water partition coefficient (Wildman–Crippen LogP) is 4.31. The van der Waals surface area contributed by atoms with Crippen LogP contribution in [0.5, 0.6) is 0 Å². The first-order valence-electron chi connectivity index (χ1n) is 5.33. The summed E-state index contributed by atoms with van der Waals surface area (Å²) >= 11 is 6.89. The first kappa shape index (κ1) is 25.0. The fraction of sp³-hybridized carbons (Fsp3) is 0.900. The summed E-state index contributed by atoms with van der Waals surface area (Å²) in [5, 5.41) is 0. The predicted molar refractivity (Wildman–Crippen MR) is 108 cm³/mol. The minimum atomic E-state index is -0.157. The van der Waals surface area contributed by atoms with E-state index in [1.165, 1.54) is 7.11 Å². The quantitative estimate of drug-likeness (QED) is 0.118. The summed E-state index contributed by atoms with van der Waals surface area (Å²) in [6.45, 7) is 6.21. The Morgan fingerprint density at radius 3 is 1.67 bits per heavy atom. The summed E-state index contributed by atoms with van der Waals surface area (Å²) in [6, 6.07) is 0. The highest BCUT2D eigenvalue weighted by molar-refractivity contribution is 14.1. The molecule has 0 aliphatic carbocycles. The van der Waals surface area contributed by atoms with Gasteiger partial charge in [0.2, 0.25) is 0 Å². The van der Waals surface area contributed by atoms with Crippen LogP contribution in [0.3, 0.4) is 0 Å². The van der Waals surface area contributed by atoms with Crippen molar-refractivity contribution in [1.29, 1.82) is 0 Å². The maximum Gasteiger partial charge on any atom is 0.305 e. The van der Waals surface area contributed by atoms with E-state index in [9.17, 15) is 4.79 Å². The van der Waals surface area contributed by atoms with Crippen LogP contribution >= 0.6 is 77.7 Å². The van der Waals surface area contributed by atoms with Crippen LogP contribution in [0.15, 0.2) is 0 Å². The number of rotatable bonds is 3. The van der Waals surface area contributed by atoms with Crippen molar-refractivity contribution < 1.29 is 9.53 Å². The fourth-order valence-corrected chi connectivity index (χ4v) is 1.20. The van der Waals surface area contributed by atoms with Crippen LogP contribution in [-0.2, 0) is 9.53 Å². The Morgan fingerprint density at radius 1 is 1.33 bits per heavy atom. The fourth-order valence-electron chi connectivity index (χ4n) is 0.555. The standard InChI is InChI=1S/C5H11I2N.C4H8O2.CH5INP/c1-4(2)5(6)8(3)7;1-3-4(5)6-2;1-3(2)4/h4-5H,1-3H3;3H2,1-2H3;4H2,1H3. The highest BCUT2D eigenvalue weighted by Gasteiger charge is 2.10. The average molecular weight is 616 g/mol. The lowest BCUT2D eigenvalue weighted by atomic mass is 10.2. The monoisotopic (exact) mass is 616 g/mol. The molecule has 0 fully saturated rings. The number of ether oxygens (including phenoxy) is 1. The van der Waals surface area contributed by atoms with Gasteiger partial charge in [-0.1, -0.05) is 52.8 Å². The second kappa shape index (κ2) is 17.1. The third kappa shape index (κ3) is 26.5. The highest BCUT2D eigenvalue weighted by atomic mass is 127. The molecule has 0 amide bonds. The molecule has 0 saturated carbocycles. The van der Waals surface area contributed by atoms with E-state index < -0.39 is 0 Å². The Morgan fingerprint density at radius 2 is 1.67 bits per heavy atom. The van der Waals surface area contributed by atoms with Gasteiger partial charge >= 0.3 is 5.97 Å². The van der Waals surface area contributed by atoms with Gasteiger partial charge in [0, 0.05) is 59.2 Å². The lowest BCUT2D eigenvalue weighted by Gasteiger charge is -2.18. The number of halogens is 3. The van der Waals surface area contributed by atoms with Gasteiger partial charge in [-0.25, -0.2) is 6.00 Å². The van der Waals surface area contributed by atoms with Crippen LogP contribution in [0.4, 0.5) is 0 Å². The summed E-state index contributed by atoms with van der Waals surface area (Å²) in [5.74, 6) is 0.590. The van der Waals surface area contributed by atoms with Gasteiger partial charge in [-0.15, -0.1) is 0 Å².